The summed E-state index contributed by atoms with van der Waals surface area (Å²) in [6.07, 6.45) is 1.06. The summed E-state index contributed by atoms with van der Waals surface area (Å²) < 4.78 is 28.8. The first-order chi connectivity index (χ1) is 8.49. The van der Waals surface area contributed by atoms with Crippen molar-refractivity contribution in [2.24, 2.45) is 0 Å². The summed E-state index contributed by atoms with van der Waals surface area (Å²) in [5, 5.41) is 2.50. The number of hydrogen-bond donors (Lipinski definition) is 2. The fraction of sp³-hybridized carbons (Fsp3) is 0.818. The Kier molecular flexibility index (Phi) is 6.99. The van der Waals surface area contributed by atoms with E-state index in [9.17, 15) is 18.0 Å². The molecule has 0 aromatic rings. The molecular formula is C11H22N2O5S. The van der Waals surface area contributed by atoms with Crippen LogP contribution < -0.4 is 10.0 Å². The van der Waals surface area contributed by atoms with Crippen molar-refractivity contribution < 1.29 is 22.7 Å². The van der Waals surface area contributed by atoms with Crippen LogP contribution in [-0.2, 0) is 24.3 Å². The maximum absolute atomic E-state index is 11.3. The van der Waals surface area contributed by atoms with Gasteiger partial charge in [-0.3, -0.25) is 9.59 Å². The molecule has 0 spiro atoms. The fourth-order valence-electron chi connectivity index (χ4n) is 1.13. The second-order valence-electron chi connectivity index (χ2n) is 5.10. The lowest BCUT2D eigenvalue weighted by molar-refractivity contribution is -0.155. The second kappa shape index (κ2) is 7.44. The molecule has 0 saturated heterocycles. The standard InChI is InChI=1S/C11H22N2O5S/c1-11(2,3)18-10(15)6-5-9(14)12-7-8-13-19(4,16)17/h13H,5-8H2,1-4H3,(H,12,14). The van der Waals surface area contributed by atoms with Crippen molar-refractivity contribution in [2.45, 2.75) is 39.2 Å². The van der Waals surface area contributed by atoms with E-state index in [0.29, 0.717) is 0 Å². The second-order valence-corrected chi connectivity index (χ2v) is 6.94. The molecule has 0 bridgehead atoms. The SMILES string of the molecule is CC(C)(C)OC(=O)CCC(=O)NCCNS(C)(=O)=O. The van der Waals surface area contributed by atoms with Gasteiger partial charge in [0.1, 0.15) is 5.60 Å². The van der Waals surface area contributed by atoms with E-state index < -0.39 is 21.6 Å². The number of carbonyl (C=O) groups excluding carboxylic acids is 2. The predicted molar refractivity (Wildman–Crippen MR) is 70.9 cm³/mol. The van der Waals surface area contributed by atoms with Crippen LogP contribution >= 0.6 is 0 Å². The van der Waals surface area contributed by atoms with E-state index in [0.717, 1.165) is 6.26 Å². The van der Waals surface area contributed by atoms with Gasteiger partial charge in [-0.2, -0.15) is 0 Å². The van der Waals surface area contributed by atoms with Crippen LogP contribution in [0.3, 0.4) is 0 Å². The van der Waals surface area contributed by atoms with Gasteiger partial charge in [0, 0.05) is 19.5 Å². The molecule has 0 aromatic carbocycles. The van der Waals surface area contributed by atoms with Crippen molar-refractivity contribution >= 4 is 21.9 Å². The summed E-state index contributed by atoms with van der Waals surface area (Å²) >= 11 is 0. The van der Waals surface area contributed by atoms with Crippen LogP contribution in [0.2, 0.25) is 0 Å². The van der Waals surface area contributed by atoms with Crippen LogP contribution in [0.4, 0.5) is 0 Å². The molecule has 0 radical (unpaired) electrons. The maximum atomic E-state index is 11.3. The third-order valence-corrected chi connectivity index (χ3v) is 2.52. The van der Waals surface area contributed by atoms with Gasteiger partial charge in [0.25, 0.3) is 0 Å². The lowest BCUT2D eigenvalue weighted by atomic mass is 10.2. The van der Waals surface area contributed by atoms with E-state index in [1.54, 1.807) is 20.8 Å². The highest BCUT2D eigenvalue weighted by Crippen LogP contribution is 2.08. The number of carbonyl (C=O) groups is 2. The highest BCUT2D eigenvalue weighted by Gasteiger charge is 2.16. The van der Waals surface area contributed by atoms with Gasteiger partial charge in [-0.1, -0.05) is 0 Å². The topological polar surface area (TPSA) is 102 Å². The van der Waals surface area contributed by atoms with Gasteiger partial charge in [-0.25, -0.2) is 13.1 Å². The van der Waals surface area contributed by atoms with Gasteiger partial charge in [-0.15, -0.1) is 0 Å². The molecular weight excluding hydrogens is 272 g/mol. The largest absolute Gasteiger partial charge is 0.460 e. The van der Waals surface area contributed by atoms with Gasteiger partial charge < -0.3 is 10.1 Å². The van der Waals surface area contributed by atoms with Crippen LogP contribution in [0.15, 0.2) is 0 Å². The number of sulfonamides is 1. The Labute approximate surface area is 114 Å². The number of nitrogens with one attached hydrogen (secondary N) is 2. The molecule has 0 unspecified atom stereocenters. The molecule has 0 fully saturated rings. The Bertz CT molecular complexity index is 411. The zero-order valence-corrected chi connectivity index (χ0v) is 12.6. The molecule has 0 atom stereocenters. The quantitative estimate of drug-likeness (QED) is 0.499. The van der Waals surface area contributed by atoms with Crippen LogP contribution in [0.1, 0.15) is 33.6 Å². The van der Waals surface area contributed by atoms with Crippen molar-refractivity contribution in [1.29, 1.82) is 0 Å². The molecule has 0 aliphatic rings. The molecule has 0 rings (SSSR count). The number of hydrogen-bond acceptors (Lipinski definition) is 5. The minimum absolute atomic E-state index is 0.00259. The Morgan fingerprint density at radius 3 is 2.16 bits per heavy atom. The van der Waals surface area contributed by atoms with Crippen LogP contribution in [0, 0.1) is 0 Å². The van der Waals surface area contributed by atoms with E-state index in [2.05, 4.69) is 10.0 Å². The molecule has 2 N–H and O–H groups in total. The summed E-state index contributed by atoms with van der Waals surface area (Å²) in [5.74, 6) is -0.752. The van der Waals surface area contributed by atoms with Gasteiger partial charge in [0.2, 0.25) is 15.9 Å². The Morgan fingerprint density at radius 1 is 1.11 bits per heavy atom. The Hall–Kier alpha value is -1.15. The number of rotatable bonds is 7. The first kappa shape index (κ1) is 17.8. The summed E-state index contributed by atoms with van der Waals surface area (Å²) in [6, 6.07) is 0. The van der Waals surface area contributed by atoms with Crippen LogP contribution in [0.25, 0.3) is 0 Å². The van der Waals surface area contributed by atoms with Crippen molar-refractivity contribution in [3.05, 3.63) is 0 Å². The maximum Gasteiger partial charge on any atom is 0.306 e. The van der Waals surface area contributed by atoms with E-state index in [1.807, 2.05) is 0 Å². The smallest absolute Gasteiger partial charge is 0.306 e. The predicted octanol–water partition coefficient (Wildman–Crippen LogP) is -0.226. The normalized spacial score (nSPS) is 12.0. The van der Waals surface area contributed by atoms with E-state index in [1.165, 1.54) is 0 Å². The number of esters is 1. The Balaban J connectivity index is 3.74. The average Bonchev–Trinajstić information content (AvgIpc) is 2.17. The first-order valence-electron chi connectivity index (χ1n) is 5.93. The fourth-order valence-corrected chi connectivity index (χ4v) is 1.61. The third kappa shape index (κ3) is 13.1. The Morgan fingerprint density at radius 2 is 1.68 bits per heavy atom. The van der Waals surface area contributed by atoms with Crippen molar-refractivity contribution in [3.8, 4) is 0 Å². The first-order valence-corrected chi connectivity index (χ1v) is 7.82. The highest BCUT2D eigenvalue weighted by molar-refractivity contribution is 7.88. The summed E-state index contributed by atoms with van der Waals surface area (Å²) in [7, 11) is -3.24. The molecule has 0 aliphatic carbocycles. The van der Waals surface area contributed by atoms with E-state index in [4.69, 9.17) is 4.74 Å². The van der Waals surface area contributed by atoms with Gasteiger partial charge in [0.05, 0.1) is 12.7 Å². The summed E-state index contributed by atoms with van der Waals surface area (Å²) in [4.78, 5) is 22.7. The van der Waals surface area contributed by atoms with Gasteiger partial charge >= 0.3 is 5.97 Å². The molecule has 19 heavy (non-hydrogen) atoms. The van der Waals surface area contributed by atoms with Crippen LogP contribution in [0.5, 0.6) is 0 Å². The van der Waals surface area contributed by atoms with E-state index >= 15 is 0 Å². The molecule has 8 heteroatoms. The molecule has 0 heterocycles. The molecule has 1 amide bonds. The lowest BCUT2D eigenvalue weighted by Gasteiger charge is -2.19. The number of amides is 1. The summed E-state index contributed by atoms with van der Waals surface area (Å²) in [5.41, 5.74) is -0.563. The lowest BCUT2D eigenvalue weighted by Crippen LogP contribution is -2.34. The number of ether oxygens (including phenoxy) is 1. The van der Waals surface area contributed by atoms with Crippen molar-refractivity contribution in [3.63, 3.8) is 0 Å². The monoisotopic (exact) mass is 294 g/mol. The highest BCUT2D eigenvalue weighted by atomic mass is 32.2. The minimum atomic E-state index is -3.24. The molecule has 112 valence electrons. The van der Waals surface area contributed by atoms with Crippen molar-refractivity contribution in [1.82, 2.24) is 10.0 Å². The van der Waals surface area contributed by atoms with Crippen LogP contribution in [-0.4, -0.2) is 45.2 Å². The molecule has 0 saturated carbocycles. The van der Waals surface area contributed by atoms with Gasteiger partial charge in [0.15, 0.2) is 0 Å². The molecule has 0 aliphatic heterocycles. The zero-order chi connectivity index (χ0) is 15.1. The molecule has 0 aromatic heterocycles. The summed E-state index contributed by atoms with van der Waals surface area (Å²) in [6.45, 7) is 5.56. The zero-order valence-electron chi connectivity index (χ0n) is 11.8. The van der Waals surface area contributed by atoms with Gasteiger partial charge in [-0.05, 0) is 20.8 Å². The minimum Gasteiger partial charge on any atom is -0.460 e. The van der Waals surface area contributed by atoms with E-state index in [-0.39, 0.29) is 31.8 Å². The molecule has 7 nitrogen and oxygen atoms in total. The third-order valence-electron chi connectivity index (χ3n) is 1.79. The van der Waals surface area contributed by atoms with Crippen molar-refractivity contribution in [2.75, 3.05) is 19.3 Å². The average molecular weight is 294 g/mol.